The maximum atomic E-state index is 11.4. The lowest BCUT2D eigenvalue weighted by Crippen LogP contribution is -2.09. The Kier molecular flexibility index (Phi) is 3.31. The van der Waals surface area contributed by atoms with Gasteiger partial charge in [0.2, 0.25) is 0 Å². The minimum atomic E-state index is -0.0835. The van der Waals surface area contributed by atoms with Gasteiger partial charge in [-0.05, 0) is 18.6 Å². The Labute approximate surface area is 94.0 Å². The Morgan fingerprint density at radius 2 is 2.33 bits per heavy atom. The molecule has 0 fully saturated rings. The molecule has 0 amide bonds. The summed E-state index contributed by atoms with van der Waals surface area (Å²) in [6.07, 6.45) is 0.512. The molecular formula is C12H14O2S. The largest absolute Gasteiger partial charge is 0.466 e. The van der Waals surface area contributed by atoms with Gasteiger partial charge in [-0.1, -0.05) is 18.2 Å². The maximum absolute atomic E-state index is 11.4. The predicted octanol–water partition coefficient (Wildman–Crippen LogP) is 2.83. The first-order valence-electron chi connectivity index (χ1n) is 5.18. The molecule has 0 radical (unpaired) electrons. The van der Waals surface area contributed by atoms with E-state index in [9.17, 15) is 4.79 Å². The normalized spacial score (nSPS) is 18.6. The smallest absolute Gasteiger partial charge is 0.306 e. The first-order valence-corrected chi connectivity index (χ1v) is 6.17. The number of ether oxygens (including phenoxy) is 1. The summed E-state index contributed by atoms with van der Waals surface area (Å²) in [6.45, 7) is 2.32. The highest BCUT2D eigenvalue weighted by Crippen LogP contribution is 2.40. The van der Waals surface area contributed by atoms with E-state index in [4.69, 9.17) is 4.74 Å². The maximum Gasteiger partial charge on any atom is 0.306 e. The molecule has 0 N–H and O–H groups in total. The highest BCUT2D eigenvalue weighted by Gasteiger charge is 2.25. The van der Waals surface area contributed by atoms with E-state index in [1.54, 1.807) is 0 Å². The molecule has 15 heavy (non-hydrogen) atoms. The third kappa shape index (κ3) is 2.34. The summed E-state index contributed by atoms with van der Waals surface area (Å²) < 4.78 is 4.97. The molecule has 0 aromatic heterocycles. The average molecular weight is 222 g/mol. The molecule has 0 bridgehead atoms. The van der Waals surface area contributed by atoms with Crippen molar-refractivity contribution < 1.29 is 9.53 Å². The fraction of sp³-hybridized carbons (Fsp3) is 0.417. The lowest BCUT2D eigenvalue weighted by atomic mass is 9.98. The monoisotopic (exact) mass is 222 g/mol. The van der Waals surface area contributed by atoms with Crippen LogP contribution in [0, 0.1) is 0 Å². The number of hydrogen-bond donors (Lipinski definition) is 0. The minimum Gasteiger partial charge on any atom is -0.466 e. The zero-order valence-electron chi connectivity index (χ0n) is 8.73. The zero-order valence-corrected chi connectivity index (χ0v) is 9.55. The Bertz CT molecular complexity index is 362. The van der Waals surface area contributed by atoms with Crippen molar-refractivity contribution in [3.05, 3.63) is 29.8 Å². The summed E-state index contributed by atoms with van der Waals surface area (Å²) in [5.74, 6) is 1.25. The second-order valence-corrected chi connectivity index (χ2v) is 4.62. The number of carbonyl (C=O) groups excluding carboxylic acids is 1. The summed E-state index contributed by atoms with van der Waals surface area (Å²) in [5, 5.41) is 0. The van der Waals surface area contributed by atoms with E-state index in [1.807, 2.05) is 30.8 Å². The quantitative estimate of drug-likeness (QED) is 0.736. The predicted molar refractivity (Wildman–Crippen MR) is 61.2 cm³/mol. The molecule has 0 saturated heterocycles. The van der Waals surface area contributed by atoms with Gasteiger partial charge < -0.3 is 4.74 Å². The van der Waals surface area contributed by atoms with E-state index in [1.165, 1.54) is 10.5 Å². The molecule has 80 valence electrons. The van der Waals surface area contributed by atoms with Gasteiger partial charge >= 0.3 is 5.97 Å². The van der Waals surface area contributed by atoms with Gasteiger partial charge in [0.25, 0.3) is 0 Å². The fourth-order valence-electron chi connectivity index (χ4n) is 1.82. The lowest BCUT2D eigenvalue weighted by molar-refractivity contribution is -0.143. The lowest BCUT2D eigenvalue weighted by Gasteiger charge is -2.09. The van der Waals surface area contributed by atoms with Crippen molar-refractivity contribution in [1.29, 1.82) is 0 Å². The molecule has 1 atom stereocenters. The highest BCUT2D eigenvalue weighted by atomic mass is 32.2. The molecule has 0 spiro atoms. The Morgan fingerprint density at radius 3 is 3.13 bits per heavy atom. The van der Waals surface area contributed by atoms with E-state index >= 15 is 0 Å². The molecule has 1 aliphatic heterocycles. The summed E-state index contributed by atoms with van der Waals surface area (Å²) >= 11 is 1.83. The van der Waals surface area contributed by atoms with Crippen LogP contribution in [0.1, 0.15) is 24.8 Å². The standard InChI is InChI=1S/C12H14O2S/c1-2-14-12(13)7-9-8-15-11-6-4-3-5-10(9)11/h3-6,9H,2,7-8H2,1H3. The van der Waals surface area contributed by atoms with Crippen molar-refractivity contribution in [2.45, 2.75) is 24.2 Å². The number of thioether (sulfide) groups is 1. The van der Waals surface area contributed by atoms with Crippen LogP contribution in [0.5, 0.6) is 0 Å². The van der Waals surface area contributed by atoms with E-state index in [0.29, 0.717) is 18.9 Å². The molecule has 0 aliphatic carbocycles. The van der Waals surface area contributed by atoms with Crippen molar-refractivity contribution in [3.63, 3.8) is 0 Å². The molecule has 3 heteroatoms. The number of hydrogen-bond acceptors (Lipinski definition) is 3. The van der Waals surface area contributed by atoms with Crippen LogP contribution >= 0.6 is 11.8 Å². The van der Waals surface area contributed by atoms with Crippen molar-refractivity contribution in [3.8, 4) is 0 Å². The van der Waals surface area contributed by atoms with Gasteiger partial charge in [0, 0.05) is 16.6 Å². The summed E-state index contributed by atoms with van der Waals surface area (Å²) in [4.78, 5) is 12.7. The van der Waals surface area contributed by atoms with Crippen LogP contribution in [0.2, 0.25) is 0 Å². The first kappa shape index (κ1) is 10.6. The van der Waals surface area contributed by atoms with E-state index in [-0.39, 0.29) is 5.97 Å². The molecular weight excluding hydrogens is 208 g/mol. The van der Waals surface area contributed by atoms with Crippen molar-refractivity contribution in [2.24, 2.45) is 0 Å². The van der Waals surface area contributed by atoms with Crippen LogP contribution in [-0.4, -0.2) is 18.3 Å². The van der Waals surface area contributed by atoms with Gasteiger partial charge in [0.15, 0.2) is 0 Å². The van der Waals surface area contributed by atoms with Crippen molar-refractivity contribution in [1.82, 2.24) is 0 Å². The molecule has 2 rings (SSSR count). The molecule has 1 unspecified atom stereocenters. The second-order valence-electron chi connectivity index (χ2n) is 3.55. The Balaban J connectivity index is 2.04. The van der Waals surface area contributed by atoms with Gasteiger partial charge in [0.1, 0.15) is 0 Å². The SMILES string of the molecule is CCOC(=O)CC1CSc2ccccc21. The second kappa shape index (κ2) is 4.71. The fourth-order valence-corrected chi connectivity index (χ4v) is 3.07. The Morgan fingerprint density at radius 1 is 1.53 bits per heavy atom. The zero-order chi connectivity index (χ0) is 10.7. The average Bonchev–Trinajstić information content (AvgIpc) is 2.62. The summed E-state index contributed by atoms with van der Waals surface area (Å²) in [5.41, 5.74) is 1.30. The van der Waals surface area contributed by atoms with Gasteiger partial charge in [-0.3, -0.25) is 4.79 Å². The number of fused-ring (bicyclic) bond motifs is 1. The summed E-state index contributed by atoms with van der Waals surface area (Å²) in [6, 6.07) is 8.30. The summed E-state index contributed by atoms with van der Waals surface area (Å²) in [7, 11) is 0. The van der Waals surface area contributed by atoms with E-state index < -0.39 is 0 Å². The molecule has 1 heterocycles. The van der Waals surface area contributed by atoms with Crippen LogP contribution in [0.4, 0.5) is 0 Å². The van der Waals surface area contributed by atoms with E-state index in [2.05, 4.69) is 12.1 Å². The van der Waals surface area contributed by atoms with Gasteiger partial charge in [-0.2, -0.15) is 0 Å². The van der Waals surface area contributed by atoms with Crippen molar-refractivity contribution in [2.75, 3.05) is 12.4 Å². The first-order chi connectivity index (χ1) is 7.31. The number of carbonyl (C=O) groups is 1. The van der Waals surface area contributed by atoms with Crippen LogP contribution in [0.15, 0.2) is 29.2 Å². The molecule has 2 nitrogen and oxygen atoms in total. The van der Waals surface area contributed by atoms with Crippen LogP contribution in [-0.2, 0) is 9.53 Å². The third-order valence-corrected chi connectivity index (χ3v) is 3.77. The van der Waals surface area contributed by atoms with Crippen LogP contribution in [0.3, 0.4) is 0 Å². The molecule has 0 saturated carbocycles. The van der Waals surface area contributed by atoms with Gasteiger partial charge in [-0.25, -0.2) is 0 Å². The topological polar surface area (TPSA) is 26.3 Å². The van der Waals surface area contributed by atoms with E-state index in [0.717, 1.165) is 5.75 Å². The number of rotatable bonds is 3. The third-order valence-electron chi connectivity index (χ3n) is 2.52. The van der Waals surface area contributed by atoms with Crippen LogP contribution < -0.4 is 0 Å². The molecule has 1 aromatic rings. The number of esters is 1. The Hall–Kier alpha value is -0.960. The van der Waals surface area contributed by atoms with Crippen molar-refractivity contribution >= 4 is 17.7 Å². The van der Waals surface area contributed by atoms with Gasteiger partial charge in [-0.15, -0.1) is 11.8 Å². The minimum absolute atomic E-state index is 0.0835. The number of benzene rings is 1. The van der Waals surface area contributed by atoms with Gasteiger partial charge in [0.05, 0.1) is 13.0 Å². The molecule has 1 aromatic carbocycles. The molecule has 1 aliphatic rings. The van der Waals surface area contributed by atoms with Crippen LogP contribution in [0.25, 0.3) is 0 Å². The highest BCUT2D eigenvalue weighted by molar-refractivity contribution is 7.99.